The van der Waals surface area contributed by atoms with Gasteiger partial charge < -0.3 is 0 Å². The van der Waals surface area contributed by atoms with Crippen LogP contribution in [-0.4, -0.2) is 4.98 Å². The molecule has 0 radical (unpaired) electrons. The molecule has 2 aromatic rings. The van der Waals surface area contributed by atoms with Crippen molar-refractivity contribution in [3.63, 3.8) is 0 Å². The number of halogens is 1. The molecule has 0 unspecified atom stereocenters. The Balaban J connectivity index is 2.63. The molecule has 0 amide bonds. The summed E-state index contributed by atoms with van der Waals surface area (Å²) in [5.74, 6) is 0. The van der Waals surface area contributed by atoms with Crippen LogP contribution in [0.2, 0.25) is 0 Å². The maximum Gasteiger partial charge on any atom is 0.0855 e. The maximum atomic E-state index is 4.36. The summed E-state index contributed by atoms with van der Waals surface area (Å²) in [4.78, 5) is 4.36. The molecule has 0 N–H and O–H groups in total. The second-order valence-corrected chi connectivity index (χ2v) is 3.95. The van der Waals surface area contributed by atoms with Gasteiger partial charge in [0.15, 0.2) is 0 Å². The summed E-state index contributed by atoms with van der Waals surface area (Å²) in [5.41, 5.74) is 3.59. The standard InChI is InChI=1S/C11H6BrN/c12-9-4-3-7-1-2-8-5-6-13-11(9)10(7)8/h1-6H. The fraction of sp³-hybridized carbons (Fsp3) is 0. The van der Waals surface area contributed by atoms with E-state index >= 15 is 0 Å². The highest BCUT2D eigenvalue weighted by Gasteiger charge is 2.10. The van der Waals surface area contributed by atoms with Crippen LogP contribution >= 0.6 is 15.9 Å². The van der Waals surface area contributed by atoms with Crippen molar-refractivity contribution in [1.82, 2.24) is 4.98 Å². The molecule has 1 aromatic carbocycles. The van der Waals surface area contributed by atoms with Crippen LogP contribution in [0.1, 0.15) is 11.1 Å². The van der Waals surface area contributed by atoms with Crippen LogP contribution in [0.5, 0.6) is 0 Å². The number of pyridine rings is 1. The Bertz CT molecular complexity index is 517. The Morgan fingerprint density at radius 1 is 1.00 bits per heavy atom. The van der Waals surface area contributed by atoms with Gasteiger partial charge in [-0.05, 0) is 39.2 Å². The van der Waals surface area contributed by atoms with Crippen molar-refractivity contribution in [2.45, 2.75) is 0 Å². The normalized spacial score (nSPS) is 12.7. The molecular weight excluding hydrogens is 226 g/mol. The summed E-state index contributed by atoms with van der Waals surface area (Å²) in [6.07, 6.45) is 6.11. The minimum atomic E-state index is 1.06. The van der Waals surface area contributed by atoms with Crippen molar-refractivity contribution in [2.24, 2.45) is 0 Å². The molecule has 0 saturated carbocycles. The van der Waals surface area contributed by atoms with Crippen molar-refractivity contribution in [2.75, 3.05) is 0 Å². The van der Waals surface area contributed by atoms with Crippen LogP contribution in [0.25, 0.3) is 23.1 Å². The molecule has 1 heterocycles. The SMILES string of the molecule is Brc1ccc2c3c(ccnc13)C=C2. The van der Waals surface area contributed by atoms with Gasteiger partial charge in [0, 0.05) is 16.1 Å². The molecular formula is C11H6BrN. The second kappa shape index (κ2) is 2.42. The van der Waals surface area contributed by atoms with Crippen LogP contribution in [0, 0.1) is 0 Å². The van der Waals surface area contributed by atoms with Crippen LogP contribution < -0.4 is 0 Å². The average Bonchev–Trinajstić information content (AvgIpc) is 2.57. The zero-order valence-corrected chi connectivity index (χ0v) is 8.38. The predicted molar refractivity (Wildman–Crippen MR) is 58.4 cm³/mol. The molecule has 13 heavy (non-hydrogen) atoms. The Morgan fingerprint density at radius 3 is 2.62 bits per heavy atom. The topological polar surface area (TPSA) is 12.9 Å². The fourth-order valence-corrected chi connectivity index (χ4v) is 2.18. The lowest BCUT2D eigenvalue weighted by atomic mass is 10.1. The summed E-state index contributed by atoms with van der Waals surface area (Å²) in [6, 6.07) is 6.20. The Labute approximate surface area is 84.2 Å². The molecule has 62 valence electrons. The van der Waals surface area contributed by atoms with E-state index in [9.17, 15) is 0 Å². The van der Waals surface area contributed by atoms with Gasteiger partial charge in [0.05, 0.1) is 5.52 Å². The van der Waals surface area contributed by atoms with E-state index in [1.165, 1.54) is 16.5 Å². The maximum absolute atomic E-state index is 4.36. The van der Waals surface area contributed by atoms with E-state index < -0.39 is 0 Å². The van der Waals surface area contributed by atoms with E-state index in [0.717, 1.165) is 9.99 Å². The summed E-state index contributed by atoms with van der Waals surface area (Å²) >= 11 is 3.50. The number of hydrogen-bond donors (Lipinski definition) is 0. The fourth-order valence-electron chi connectivity index (χ4n) is 1.74. The lowest BCUT2D eigenvalue weighted by Gasteiger charge is -2.01. The first-order valence-corrected chi connectivity index (χ1v) is 4.91. The minimum absolute atomic E-state index is 1.06. The van der Waals surface area contributed by atoms with Gasteiger partial charge >= 0.3 is 0 Å². The van der Waals surface area contributed by atoms with Crippen molar-refractivity contribution >= 4 is 39.0 Å². The van der Waals surface area contributed by atoms with Crippen LogP contribution in [0.3, 0.4) is 0 Å². The highest BCUT2D eigenvalue weighted by atomic mass is 79.9. The van der Waals surface area contributed by atoms with Crippen molar-refractivity contribution in [3.05, 3.63) is 40.0 Å². The van der Waals surface area contributed by atoms with Gasteiger partial charge in [0.1, 0.15) is 0 Å². The number of aromatic nitrogens is 1. The van der Waals surface area contributed by atoms with E-state index in [-0.39, 0.29) is 0 Å². The van der Waals surface area contributed by atoms with Gasteiger partial charge in [0.25, 0.3) is 0 Å². The zero-order valence-electron chi connectivity index (χ0n) is 6.79. The largest absolute Gasteiger partial charge is 0.255 e. The summed E-state index contributed by atoms with van der Waals surface area (Å²) < 4.78 is 1.07. The molecule has 0 spiro atoms. The van der Waals surface area contributed by atoms with E-state index in [1.54, 1.807) is 0 Å². The molecule has 0 fully saturated rings. The Hall–Kier alpha value is -1.15. The molecule has 1 aliphatic rings. The minimum Gasteiger partial charge on any atom is -0.255 e. The highest BCUT2D eigenvalue weighted by molar-refractivity contribution is 9.10. The lowest BCUT2D eigenvalue weighted by Crippen LogP contribution is -1.83. The van der Waals surface area contributed by atoms with Crippen molar-refractivity contribution < 1.29 is 0 Å². The molecule has 1 nitrogen and oxygen atoms in total. The molecule has 2 heteroatoms. The molecule has 1 aromatic heterocycles. The first kappa shape index (κ1) is 7.27. The van der Waals surface area contributed by atoms with Crippen LogP contribution in [-0.2, 0) is 0 Å². The molecule has 0 aliphatic heterocycles. The van der Waals surface area contributed by atoms with Crippen LogP contribution in [0.15, 0.2) is 28.9 Å². The van der Waals surface area contributed by atoms with E-state index in [1.807, 2.05) is 18.3 Å². The van der Waals surface area contributed by atoms with Crippen LogP contribution in [0.4, 0.5) is 0 Å². The van der Waals surface area contributed by atoms with E-state index in [4.69, 9.17) is 0 Å². The first-order chi connectivity index (χ1) is 6.36. The molecule has 0 bridgehead atoms. The zero-order chi connectivity index (χ0) is 8.84. The number of rotatable bonds is 0. The third-order valence-corrected chi connectivity index (χ3v) is 2.99. The highest BCUT2D eigenvalue weighted by Crippen LogP contribution is 2.33. The summed E-state index contributed by atoms with van der Waals surface area (Å²) in [7, 11) is 0. The summed E-state index contributed by atoms with van der Waals surface area (Å²) in [6.45, 7) is 0. The van der Waals surface area contributed by atoms with E-state index in [0.29, 0.717) is 0 Å². The average molecular weight is 232 g/mol. The van der Waals surface area contributed by atoms with Crippen molar-refractivity contribution in [1.29, 1.82) is 0 Å². The summed E-state index contributed by atoms with van der Waals surface area (Å²) in [5, 5.41) is 1.26. The monoisotopic (exact) mass is 231 g/mol. The van der Waals surface area contributed by atoms with Gasteiger partial charge in [-0.2, -0.15) is 0 Å². The molecule has 0 saturated heterocycles. The first-order valence-electron chi connectivity index (χ1n) is 4.11. The van der Waals surface area contributed by atoms with Crippen molar-refractivity contribution in [3.8, 4) is 0 Å². The Kier molecular flexibility index (Phi) is 1.35. The Morgan fingerprint density at radius 2 is 1.77 bits per heavy atom. The van der Waals surface area contributed by atoms with Gasteiger partial charge in [-0.3, -0.25) is 4.98 Å². The van der Waals surface area contributed by atoms with E-state index in [2.05, 4.69) is 39.1 Å². The third kappa shape index (κ3) is 0.893. The quantitative estimate of drug-likeness (QED) is 0.578. The third-order valence-electron chi connectivity index (χ3n) is 2.35. The van der Waals surface area contributed by atoms with Gasteiger partial charge in [0.2, 0.25) is 0 Å². The van der Waals surface area contributed by atoms with Gasteiger partial charge in [-0.1, -0.05) is 18.2 Å². The molecule has 3 rings (SSSR count). The molecule has 0 atom stereocenters. The number of benzene rings is 1. The van der Waals surface area contributed by atoms with Gasteiger partial charge in [-0.25, -0.2) is 0 Å². The second-order valence-electron chi connectivity index (χ2n) is 3.09. The molecule has 1 aliphatic carbocycles. The number of hydrogen-bond acceptors (Lipinski definition) is 1. The predicted octanol–water partition coefficient (Wildman–Crippen LogP) is 3.48. The smallest absolute Gasteiger partial charge is 0.0855 e. The lowest BCUT2D eigenvalue weighted by molar-refractivity contribution is 1.40. The number of nitrogens with zero attached hydrogens (tertiary/aromatic N) is 1. The van der Waals surface area contributed by atoms with Gasteiger partial charge in [-0.15, -0.1) is 0 Å².